The number of fused-ring (bicyclic) bond motifs is 2. The summed E-state index contributed by atoms with van der Waals surface area (Å²) in [6.45, 7) is 1.92. The second-order valence-electron chi connectivity index (χ2n) is 6.26. The molecule has 0 amide bonds. The summed E-state index contributed by atoms with van der Waals surface area (Å²) in [5.74, 6) is -2.87. The van der Waals surface area contributed by atoms with E-state index in [4.69, 9.17) is 9.47 Å². The Bertz CT molecular complexity index is 1190. The van der Waals surface area contributed by atoms with E-state index in [1.165, 1.54) is 7.11 Å². The summed E-state index contributed by atoms with van der Waals surface area (Å²) in [6.07, 6.45) is 0. The highest BCUT2D eigenvalue weighted by atomic mass is 32.1. The van der Waals surface area contributed by atoms with Crippen LogP contribution in [0, 0.1) is 0 Å². The lowest BCUT2D eigenvalue weighted by Crippen LogP contribution is -2.29. The lowest BCUT2D eigenvalue weighted by Gasteiger charge is -2.24. The maximum atomic E-state index is 13.0. The lowest BCUT2D eigenvalue weighted by molar-refractivity contribution is -0.152. The van der Waals surface area contributed by atoms with E-state index >= 15 is 0 Å². The summed E-state index contributed by atoms with van der Waals surface area (Å²) in [4.78, 5) is 25.8. The quantitative estimate of drug-likeness (QED) is 0.431. The Morgan fingerprint density at radius 1 is 0.828 bits per heavy atom. The average molecular weight is 428 g/mol. The number of nitrogens with zero attached hydrogens (tertiary/aromatic N) is 4. The Morgan fingerprint density at radius 2 is 1.31 bits per heavy atom. The standard InChI is InChI=1S/C19H16N4O4S2/c1-3-27-19(25)17(11-5-7-13-15(9-11)23-29-21-13)16(18(24)26-2)10-4-6-12-14(8-10)22-28-20-12/h4-9,16-17H,3H2,1-2H3. The van der Waals surface area contributed by atoms with Crippen LogP contribution in [0.5, 0.6) is 0 Å². The van der Waals surface area contributed by atoms with Crippen molar-refractivity contribution >= 4 is 57.5 Å². The molecular weight excluding hydrogens is 412 g/mol. The normalized spacial score (nSPS) is 13.3. The van der Waals surface area contributed by atoms with Gasteiger partial charge in [0, 0.05) is 0 Å². The second-order valence-corrected chi connectivity index (χ2v) is 7.31. The molecule has 29 heavy (non-hydrogen) atoms. The highest BCUT2D eigenvalue weighted by Crippen LogP contribution is 2.37. The van der Waals surface area contributed by atoms with Crippen LogP contribution in [-0.4, -0.2) is 43.1 Å². The van der Waals surface area contributed by atoms with Crippen molar-refractivity contribution in [3.05, 3.63) is 47.5 Å². The monoisotopic (exact) mass is 428 g/mol. The fraction of sp³-hybridized carbons (Fsp3) is 0.263. The van der Waals surface area contributed by atoms with Gasteiger partial charge in [-0.15, -0.1) is 0 Å². The third-order valence-electron chi connectivity index (χ3n) is 4.60. The molecule has 2 aromatic carbocycles. The van der Waals surface area contributed by atoms with E-state index in [0.717, 1.165) is 34.5 Å². The highest BCUT2D eigenvalue weighted by Gasteiger charge is 2.38. The summed E-state index contributed by atoms with van der Waals surface area (Å²) < 4.78 is 27.2. The topological polar surface area (TPSA) is 104 Å². The first-order valence-corrected chi connectivity index (χ1v) is 10.3. The van der Waals surface area contributed by atoms with Gasteiger partial charge in [0.2, 0.25) is 0 Å². The first-order chi connectivity index (χ1) is 14.1. The molecule has 0 spiro atoms. The van der Waals surface area contributed by atoms with Crippen LogP contribution in [-0.2, 0) is 19.1 Å². The number of ether oxygens (including phenoxy) is 2. The third kappa shape index (κ3) is 3.68. The Labute approximate surface area is 174 Å². The molecule has 8 nitrogen and oxygen atoms in total. The number of hydrogen-bond acceptors (Lipinski definition) is 10. The number of rotatable bonds is 6. The maximum absolute atomic E-state index is 13.0. The summed E-state index contributed by atoms with van der Waals surface area (Å²) in [6, 6.07) is 10.6. The van der Waals surface area contributed by atoms with Gasteiger partial charge in [-0.25, -0.2) is 0 Å². The van der Waals surface area contributed by atoms with Crippen LogP contribution in [0.25, 0.3) is 22.1 Å². The fourth-order valence-electron chi connectivity index (χ4n) is 3.27. The van der Waals surface area contributed by atoms with Gasteiger partial charge >= 0.3 is 11.9 Å². The zero-order valence-corrected chi connectivity index (χ0v) is 17.2. The van der Waals surface area contributed by atoms with Gasteiger partial charge in [0.05, 0.1) is 49.0 Å². The molecule has 0 aliphatic carbocycles. The molecule has 2 unspecified atom stereocenters. The zero-order valence-electron chi connectivity index (χ0n) is 15.6. The highest BCUT2D eigenvalue weighted by molar-refractivity contribution is 7.00. The second kappa shape index (κ2) is 8.18. The van der Waals surface area contributed by atoms with E-state index in [1.807, 2.05) is 0 Å². The van der Waals surface area contributed by atoms with Crippen molar-refractivity contribution in [3.63, 3.8) is 0 Å². The van der Waals surface area contributed by atoms with E-state index in [-0.39, 0.29) is 6.61 Å². The van der Waals surface area contributed by atoms with E-state index in [9.17, 15) is 9.59 Å². The van der Waals surface area contributed by atoms with Crippen LogP contribution in [0.15, 0.2) is 36.4 Å². The molecule has 4 aromatic rings. The summed E-state index contributed by atoms with van der Waals surface area (Å²) in [7, 11) is 1.30. The first kappa shape index (κ1) is 19.3. The van der Waals surface area contributed by atoms with Crippen molar-refractivity contribution in [2.24, 2.45) is 0 Å². The number of hydrogen-bond donors (Lipinski definition) is 0. The molecule has 2 heterocycles. The molecule has 0 saturated heterocycles. The number of methoxy groups -OCH3 is 1. The number of esters is 2. The molecular formula is C19H16N4O4S2. The minimum absolute atomic E-state index is 0.193. The van der Waals surface area contributed by atoms with E-state index in [0.29, 0.717) is 22.2 Å². The summed E-state index contributed by atoms with van der Waals surface area (Å²) in [5.41, 5.74) is 3.98. The molecule has 0 aliphatic rings. The van der Waals surface area contributed by atoms with Gasteiger partial charge in [0.1, 0.15) is 22.1 Å². The number of benzene rings is 2. The first-order valence-electron chi connectivity index (χ1n) is 8.81. The molecule has 0 fully saturated rings. The maximum Gasteiger partial charge on any atom is 0.314 e. The molecule has 10 heteroatoms. The van der Waals surface area contributed by atoms with Crippen LogP contribution in [0.3, 0.4) is 0 Å². The third-order valence-corrected chi connectivity index (χ3v) is 5.72. The smallest absolute Gasteiger partial charge is 0.314 e. The molecule has 0 N–H and O–H groups in total. The predicted molar refractivity (Wildman–Crippen MR) is 109 cm³/mol. The van der Waals surface area contributed by atoms with Crippen molar-refractivity contribution in [3.8, 4) is 0 Å². The van der Waals surface area contributed by atoms with Crippen molar-refractivity contribution in [2.75, 3.05) is 13.7 Å². The molecule has 2 aromatic heterocycles. The number of aromatic nitrogens is 4. The van der Waals surface area contributed by atoms with Gasteiger partial charge in [-0.2, -0.15) is 17.5 Å². The minimum Gasteiger partial charge on any atom is -0.469 e. The van der Waals surface area contributed by atoms with Crippen LogP contribution >= 0.6 is 23.5 Å². The Balaban J connectivity index is 1.87. The molecule has 0 radical (unpaired) electrons. The Morgan fingerprint density at radius 3 is 1.79 bits per heavy atom. The summed E-state index contributed by atoms with van der Waals surface area (Å²) >= 11 is 2.18. The van der Waals surface area contributed by atoms with Gasteiger partial charge in [-0.05, 0) is 42.3 Å². The number of carbonyl (C=O) groups excluding carboxylic acids is 2. The van der Waals surface area contributed by atoms with E-state index in [2.05, 4.69) is 17.5 Å². The predicted octanol–water partition coefficient (Wildman–Crippen LogP) is 3.30. The van der Waals surface area contributed by atoms with Crippen LogP contribution in [0.1, 0.15) is 29.9 Å². The fourth-order valence-corrected chi connectivity index (χ4v) is 4.31. The number of carbonyl (C=O) groups is 2. The van der Waals surface area contributed by atoms with Gasteiger partial charge in [-0.3, -0.25) is 9.59 Å². The Kier molecular flexibility index (Phi) is 5.45. The van der Waals surface area contributed by atoms with Crippen molar-refractivity contribution < 1.29 is 19.1 Å². The minimum atomic E-state index is -0.908. The van der Waals surface area contributed by atoms with Crippen molar-refractivity contribution in [1.82, 2.24) is 17.5 Å². The Hall–Kier alpha value is -2.98. The largest absolute Gasteiger partial charge is 0.469 e. The molecule has 0 aliphatic heterocycles. The average Bonchev–Trinajstić information content (AvgIpc) is 3.39. The van der Waals surface area contributed by atoms with Gasteiger partial charge in [-0.1, -0.05) is 12.1 Å². The van der Waals surface area contributed by atoms with Crippen LogP contribution in [0.2, 0.25) is 0 Å². The van der Waals surface area contributed by atoms with Crippen molar-refractivity contribution in [2.45, 2.75) is 18.8 Å². The summed E-state index contributed by atoms with van der Waals surface area (Å²) in [5, 5.41) is 0. The molecule has 2 atom stereocenters. The molecule has 4 rings (SSSR count). The molecule has 148 valence electrons. The molecule has 0 saturated carbocycles. The van der Waals surface area contributed by atoms with Gasteiger partial charge in [0.25, 0.3) is 0 Å². The van der Waals surface area contributed by atoms with Gasteiger partial charge in [0.15, 0.2) is 0 Å². The zero-order chi connectivity index (χ0) is 20.4. The van der Waals surface area contributed by atoms with E-state index in [1.54, 1.807) is 43.3 Å². The van der Waals surface area contributed by atoms with Crippen LogP contribution in [0.4, 0.5) is 0 Å². The SMILES string of the molecule is CCOC(=O)C(c1ccc2nsnc2c1)C(C(=O)OC)c1ccc2nsnc2c1. The lowest BCUT2D eigenvalue weighted by atomic mass is 9.81. The van der Waals surface area contributed by atoms with E-state index < -0.39 is 23.8 Å². The van der Waals surface area contributed by atoms with Crippen LogP contribution < -0.4 is 0 Å². The van der Waals surface area contributed by atoms with Crippen molar-refractivity contribution in [1.29, 1.82) is 0 Å². The molecule has 0 bridgehead atoms. The van der Waals surface area contributed by atoms with Gasteiger partial charge < -0.3 is 9.47 Å².